The fraction of sp³-hybridized carbons (Fsp3) is 0.219. The number of hydrogen-bond acceptors (Lipinski definition) is 2. The lowest BCUT2D eigenvalue weighted by molar-refractivity contribution is -0.137. The Bertz CT molecular complexity index is 1550. The van der Waals surface area contributed by atoms with Crippen LogP contribution in [0.3, 0.4) is 0 Å². The summed E-state index contributed by atoms with van der Waals surface area (Å²) >= 11 is 0. The highest BCUT2D eigenvalue weighted by Gasteiger charge is 2.32. The number of ketones is 1. The SMILES string of the molecule is CC#CCn1c(C2CCCN2C=CC(=O)c2cccc(C(F)(F)F)c2)c(-c2ccccc2)c2ccccc21. The Morgan fingerprint density at radius 2 is 1.79 bits per heavy atom. The summed E-state index contributed by atoms with van der Waals surface area (Å²) in [6, 6.07) is 23.1. The third-order valence-corrected chi connectivity index (χ3v) is 6.99. The molecule has 1 aromatic heterocycles. The van der Waals surface area contributed by atoms with E-state index in [-0.39, 0.29) is 11.6 Å². The van der Waals surface area contributed by atoms with Gasteiger partial charge in [0.05, 0.1) is 23.8 Å². The van der Waals surface area contributed by atoms with Crippen molar-refractivity contribution in [1.82, 2.24) is 9.47 Å². The number of carbonyl (C=O) groups is 1. The van der Waals surface area contributed by atoms with E-state index in [1.807, 2.05) is 37.3 Å². The number of nitrogens with zero attached hydrogens (tertiary/aromatic N) is 2. The number of para-hydroxylation sites is 1. The third-order valence-electron chi connectivity index (χ3n) is 6.99. The van der Waals surface area contributed by atoms with Crippen LogP contribution >= 0.6 is 0 Å². The fourth-order valence-electron chi connectivity index (χ4n) is 5.28. The molecule has 0 amide bonds. The largest absolute Gasteiger partial charge is 0.416 e. The second-order valence-corrected chi connectivity index (χ2v) is 9.31. The van der Waals surface area contributed by atoms with Gasteiger partial charge in [-0.3, -0.25) is 4.79 Å². The molecular formula is C32H27F3N2O. The van der Waals surface area contributed by atoms with Crippen LogP contribution in [0.15, 0.2) is 91.1 Å². The Morgan fingerprint density at radius 1 is 1.03 bits per heavy atom. The van der Waals surface area contributed by atoms with Gasteiger partial charge in [0.15, 0.2) is 5.78 Å². The van der Waals surface area contributed by atoms with Crippen molar-refractivity contribution in [2.24, 2.45) is 0 Å². The molecule has 1 aliphatic heterocycles. The van der Waals surface area contributed by atoms with E-state index in [1.54, 1.807) is 6.20 Å². The predicted octanol–water partition coefficient (Wildman–Crippen LogP) is 7.88. The smallest absolute Gasteiger partial charge is 0.369 e. The zero-order valence-electron chi connectivity index (χ0n) is 21.0. The molecule has 0 bridgehead atoms. The number of benzene rings is 3. The van der Waals surface area contributed by atoms with E-state index in [4.69, 9.17) is 0 Å². The molecule has 3 nitrogen and oxygen atoms in total. The Hall–Kier alpha value is -4.24. The van der Waals surface area contributed by atoms with Crippen molar-refractivity contribution in [2.45, 2.75) is 38.5 Å². The van der Waals surface area contributed by atoms with Crippen LogP contribution in [0, 0.1) is 11.8 Å². The van der Waals surface area contributed by atoms with Crippen molar-refractivity contribution in [1.29, 1.82) is 0 Å². The highest BCUT2D eigenvalue weighted by Crippen LogP contribution is 2.43. The summed E-state index contributed by atoms with van der Waals surface area (Å²) in [5.41, 5.74) is 3.68. The zero-order valence-corrected chi connectivity index (χ0v) is 21.0. The summed E-state index contributed by atoms with van der Waals surface area (Å²) < 4.78 is 41.7. The molecule has 1 fully saturated rings. The van der Waals surface area contributed by atoms with Gasteiger partial charge in [-0.05, 0) is 43.5 Å². The fourth-order valence-corrected chi connectivity index (χ4v) is 5.28. The summed E-state index contributed by atoms with van der Waals surface area (Å²) in [4.78, 5) is 15.0. The summed E-state index contributed by atoms with van der Waals surface area (Å²) in [5.74, 6) is 5.77. The maximum Gasteiger partial charge on any atom is 0.416 e. The van der Waals surface area contributed by atoms with Gasteiger partial charge in [0.25, 0.3) is 0 Å². The number of halogens is 3. The van der Waals surface area contributed by atoms with Gasteiger partial charge in [0.2, 0.25) is 0 Å². The minimum atomic E-state index is -4.50. The monoisotopic (exact) mass is 512 g/mol. The predicted molar refractivity (Wildman–Crippen MR) is 144 cm³/mol. The Morgan fingerprint density at radius 3 is 2.55 bits per heavy atom. The second-order valence-electron chi connectivity index (χ2n) is 9.31. The molecule has 1 saturated heterocycles. The van der Waals surface area contributed by atoms with Crippen LogP contribution in [0.2, 0.25) is 0 Å². The standard InChI is InChI=1S/C32H27F3N2O/c1-2-3-20-37-27-16-8-7-15-26(27)30(23-11-5-4-6-12-23)31(37)28-17-10-19-36(28)21-18-29(38)24-13-9-14-25(22-24)32(33,34)35/h4-9,11-16,18,21-22,28H,10,17,19-20H2,1H3. The molecule has 0 aliphatic carbocycles. The van der Waals surface area contributed by atoms with E-state index in [0.717, 1.165) is 59.2 Å². The molecule has 4 aromatic rings. The molecule has 6 heteroatoms. The van der Waals surface area contributed by atoms with E-state index in [0.29, 0.717) is 6.54 Å². The summed E-state index contributed by atoms with van der Waals surface area (Å²) in [5, 5.41) is 1.14. The number of likely N-dealkylation sites (tertiary alicyclic amines) is 1. The van der Waals surface area contributed by atoms with Crippen molar-refractivity contribution in [3.63, 3.8) is 0 Å². The van der Waals surface area contributed by atoms with E-state index >= 15 is 0 Å². The van der Waals surface area contributed by atoms with Crippen LogP contribution in [0.4, 0.5) is 13.2 Å². The van der Waals surface area contributed by atoms with Crippen molar-refractivity contribution in [3.05, 3.63) is 108 Å². The highest BCUT2D eigenvalue weighted by atomic mass is 19.4. The van der Waals surface area contributed by atoms with Crippen LogP contribution in [0.5, 0.6) is 0 Å². The van der Waals surface area contributed by atoms with Gasteiger partial charge in [-0.1, -0.05) is 66.6 Å². The summed E-state index contributed by atoms with van der Waals surface area (Å²) in [6.45, 7) is 3.11. The molecule has 0 saturated carbocycles. The number of fused-ring (bicyclic) bond motifs is 1. The number of hydrogen-bond donors (Lipinski definition) is 0. The molecule has 0 spiro atoms. The minimum absolute atomic E-state index is 0.0122. The van der Waals surface area contributed by atoms with Gasteiger partial charge in [0, 0.05) is 40.9 Å². The first kappa shape index (κ1) is 25.4. The normalized spacial score (nSPS) is 15.7. The average molecular weight is 513 g/mol. The quantitative estimate of drug-likeness (QED) is 0.149. The van der Waals surface area contributed by atoms with Gasteiger partial charge in [-0.25, -0.2) is 0 Å². The first-order valence-electron chi connectivity index (χ1n) is 12.6. The van der Waals surface area contributed by atoms with Gasteiger partial charge in [-0.2, -0.15) is 13.2 Å². The molecule has 192 valence electrons. The minimum Gasteiger partial charge on any atom is -0.369 e. The molecule has 2 heterocycles. The van der Waals surface area contributed by atoms with Crippen LogP contribution in [-0.2, 0) is 12.7 Å². The summed E-state index contributed by atoms with van der Waals surface area (Å²) in [6.07, 6.45) is 0.444. The van der Waals surface area contributed by atoms with Crippen molar-refractivity contribution < 1.29 is 18.0 Å². The van der Waals surface area contributed by atoms with Crippen LogP contribution in [0.25, 0.3) is 22.0 Å². The molecule has 0 N–H and O–H groups in total. The first-order valence-corrected chi connectivity index (χ1v) is 12.6. The van der Waals surface area contributed by atoms with E-state index in [9.17, 15) is 18.0 Å². The van der Waals surface area contributed by atoms with Gasteiger partial charge in [-0.15, -0.1) is 5.92 Å². The molecule has 0 radical (unpaired) electrons. The molecule has 1 aliphatic rings. The highest BCUT2D eigenvalue weighted by molar-refractivity contribution is 6.04. The molecule has 5 rings (SSSR count). The Labute approximate surface area is 220 Å². The Balaban J connectivity index is 1.56. The topological polar surface area (TPSA) is 25.2 Å². The van der Waals surface area contributed by atoms with Gasteiger partial charge in [0.1, 0.15) is 0 Å². The lowest BCUT2D eigenvalue weighted by Gasteiger charge is -2.26. The number of carbonyl (C=O) groups excluding carboxylic acids is 1. The van der Waals surface area contributed by atoms with Crippen LogP contribution in [0.1, 0.15) is 47.4 Å². The lowest BCUT2D eigenvalue weighted by Crippen LogP contribution is -2.21. The Kier molecular flexibility index (Phi) is 7.11. The van der Waals surface area contributed by atoms with Crippen LogP contribution < -0.4 is 0 Å². The third kappa shape index (κ3) is 4.97. The number of aromatic nitrogens is 1. The van der Waals surface area contributed by atoms with Crippen LogP contribution in [-0.4, -0.2) is 21.8 Å². The molecular weight excluding hydrogens is 485 g/mol. The van der Waals surface area contributed by atoms with E-state index < -0.39 is 17.5 Å². The molecule has 3 aromatic carbocycles. The van der Waals surface area contributed by atoms with E-state index in [1.165, 1.54) is 18.2 Å². The van der Waals surface area contributed by atoms with Crippen molar-refractivity contribution in [3.8, 4) is 23.0 Å². The lowest BCUT2D eigenvalue weighted by atomic mass is 9.97. The number of allylic oxidation sites excluding steroid dienone is 1. The molecule has 1 atom stereocenters. The maximum absolute atomic E-state index is 13.1. The van der Waals surface area contributed by atoms with Crippen molar-refractivity contribution in [2.75, 3.05) is 6.54 Å². The summed E-state index contributed by atoms with van der Waals surface area (Å²) in [7, 11) is 0. The number of alkyl halides is 3. The molecule has 1 unspecified atom stereocenters. The first-order chi connectivity index (χ1) is 18.4. The number of rotatable bonds is 6. The second kappa shape index (κ2) is 10.6. The van der Waals surface area contributed by atoms with Gasteiger partial charge >= 0.3 is 6.18 Å². The molecule has 38 heavy (non-hydrogen) atoms. The van der Waals surface area contributed by atoms with Gasteiger partial charge < -0.3 is 9.47 Å². The zero-order chi connectivity index (χ0) is 26.7. The van der Waals surface area contributed by atoms with Crippen molar-refractivity contribution >= 4 is 16.7 Å². The maximum atomic E-state index is 13.1. The van der Waals surface area contributed by atoms with E-state index in [2.05, 4.69) is 45.6 Å². The average Bonchev–Trinajstić information content (AvgIpc) is 3.52.